The smallest absolute Gasteiger partial charge is 0.248 e. The molecule has 2 aliphatic rings. The molecule has 0 spiro atoms. The summed E-state index contributed by atoms with van der Waals surface area (Å²) in [5, 5.41) is 23.7. The van der Waals surface area contributed by atoms with Crippen molar-refractivity contribution in [2.75, 3.05) is 33.3 Å². The van der Waals surface area contributed by atoms with Gasteiger partial charge in [0, 0.05) is 39.8 Å². The van der Waals surface area contributed by atoms with E-state index in [9.17, 15) is 13.5 Å². The Morgan fingerprint density at radius 1 is 1.29 bits per heavy atom. The van der Waals surface area contributed by atoms with Crippen LogP contribution in [0, 0.1) is 30.1 Å². The van der Waals surface area contributed by atoms with E-state index < -0.39 is 16.1 Å². The maximum absolute atomic E-state index is 13.4. The minimum atomic E-state index is -3.78. The van der Waals surface area contributed by atoms with Gasteiger partial charge in [0.15, 0.2) is 0 Å². The van der Waals surface area contributed by atoms with Gasteiger partial charge in [-0.25, -0.2) is 8.42 Å². The van der Waals surface area contributed by atoms with Crippen LogP contribution in [0.3, 0.4) is 0 Å². The molecule has 2 bridgehead atoms. The lowest BCUT2D eigenvalue weighted by atomic mass is 9.92. The molecule has 3 atom stereocenters. The largest absolute Gasteiger partial charge is 0.491 e. The SMILES string of the molecule is Cc1nn(C)c(Cl)c1S(=O)(=O)N(C)C1C2CCC1CN(CC(O)COc1ccc(C#N)cc1)C2. The number of nitrogens with zero attached hydrogens (tertiary/aromatic N) is 5. The molecule has 1 saturated heterocycles. The quantitative estimate of drug-likeness (QED) is 0.581. The van der Waals surface area contributed by atoms with Crippen LogP contribution in [0.15, 0.2) is 29.2 Å². The molecule has 2 aromatic rings. The number of aliphatic hydroxyl groups is 1. The molecule has 1 aromatic carbocycles. The predicted molar refractivity (Wildman–Crippen MR) is 127 cm³/mol. The average Bonchev–Trinajstić information content (AvgIpc) is 3.22. The monoisotopic (exact) mass is 507 g/mol. The van der Waals surface area contributed by atoms with Gasteiger partial charge in [-0.05, 0) is 55.9 Å². The Balaban J connectivity index is 1.37. The number of hydrogen-bond acceptors (Lipinski definition) is 7. The van der Waals surface area contributed by atoms with Crippen molar-refractivity contribution in [3.63, 3.8) is 0 Å². The van der Waals surface area contributed by atoms with E-state index in [2.05, 4.69) is 16.1 Å². The number of fused-ring (bicyclic) bond motifs is 2. The number of ether oxygens (including phenoxy) is 1. The maximum atomic E-state index is 13.4. The van der Waals surface area contributed by atoms with E-state index >= 15 is 0 Å². The summed E-state index contributed by atoms with van der Waals surface area (Å²) >= 11 is 6.27. The van der Waals surface area contributed by atoms with E-state index in [1.165, 1.54) is 8.99 Å². The van der Waals surface area contributed by atoms with E-state index in [4.69, 9.17) is 21.6 Å². The lowest BCUT2D eigenvalue weighted by Gasteiger charge is -2.42. The first-order valence-corrected chi connectivity index (χ1v) is 13.1. The van der Waals surface area contributed by atoms with E-state index in [1.54, 1.807) is 45.3 Å². The van der Waals surface area contributed by atoms with Crippen LogP contribution < -0.4 is 4.74 Å². The molecule has 3 unspecified atom stereocenters. The van der Waals surface area contributed by atoms with Crippen molar-refractivity contribution in [1.82, 2.24) is 19.0 Å². The number of halogens is 1. The summed E-state index contributed by atoms with van der Waals surface area (Å²) in [6, 6.07) is 8.73. The first kappa shape index (κ1) is 24.9. The minimum absolute atomic E-state index is 0.0800. The second-order valence-corrected chi connectivity index (χ2v) is 11.6. The Kier molecular flexibility index (Phi) is 7.22. The van der Waals surface area contributed by atoms with Gasteiger partial charge < -0.3 is 9.84 Å². The molecule has 34 heavy (non-hydrogen) atoms. The fourth-order valence-corrected chi connectivity index (χ4v) is 7.59. The van der Waals surface area contributed by atoms with Crippen molar-refractivity contribution in [1.29, 1.82) is 5.26 Å². The Hall–Kier alpha value is -2.16. The van der Waals surface area contributed by atoms with E-state index in [1.807, 2.05) is 0 Å². The Morgan fingerprint density at radius 3 is 2.44 bits per heavy atom. The second kappa shape index (κ2) is 9.84. The lowest BCUT2D eigenvalue weighted by molar-refractivity contribution is 0.0326. The summed E-state index contributed by atoms with van der Waals surface area (Å²) in [6.07, 6.45) is 1.22. The highest BCUT2D eigenvalue weighted by Crippen LogP contribution is 2.42. The molecular formula is C23H30ClN5O4S. The molecule has 1 aromatic heterocycles. The average molecular weight is 508 g/mol. The number of aryl methyl sites for hydroxylation is 2. The normalized spacial score (nSPS) is 23.7. The van der Waals surface area contributed by atoms with Crippen molar-refractivity contribution >= 4 is 21.6 Å². The predicted octanol–water partition coefficient (Wildman–Crippen LogP) is 2.02. The van der Waals surface area contributed by atoms with Crippen molar-refractivity contribution in [2.45, 2.75) is 36.8 Å². The minimum Gasteiger partial charge on any atom is -0.491 e. The zero-order valence-corrected chi connectivity index (χ0v) is 21.1. The van der Waals surface area contributed by atoms with Crippen molar-refractivity contribution < 1.29 is 18.3 Å². The number of aromatic nitrogens is 2. The zero-order chi connectivity index (χ0) is 24.6. The second-order valence-electron chi connectivity index (χ2n) is 9.26. The molecule has 1 saturated carbocycles. The molecular weight excluding hydrogens is 478 g/mol. The molecule has 1 N–H and O–H groups in total. The highest BCUT2D eigenvalue weighted by molar-refractivity contribution is 7.89. The number of rotatable bonds is 8. The summed E-state index contributed by atoms with van der Waals surface area (Å²) in [6.45, 7) is 3.70. The molecule has 1 aliphatic carbocycles. The van der Waals surface area contributed by atoms with Crippen LogP contribution >= 0.6 is 11.6 Å². The molecule has 9 nitrogen and oxygen atoms in total. The first-order valence-electron chi connectivity index (χ1n) is 11.3. The lowest BCUT2D eigenvalue weighted by Crippen LogP contribution is -2.54. The fraction of sp³-hybridized carbons (Fsp3) is 0.565. The van der Waals surface area contributed by atoms with Gasteiger partial charge in [-0.15, -0.1) is 0 Å². The van der Waals surface area contributed by atoms with Crippen LogP contribution in [-0.2, 0) is 17.1 Å². The van der Waals surface area contributed by atoms with Gasteiger partial charge in [0.1, 0.15) is 28.5 Å². The molecule has 1 aliphatic heterocycles. The summed E-state index contributed by atoms with van der Waals surface area (Å²) in [5.41, 5.74) is 0.953. The third-order valence-electron chi connectivity index (χ3n) is 6.91. The Labute approximate surface area is 205 Å². The summed E-state index contributed by atoms with van der Waals surface area (Å²) in [7, 11) is -0.505. The number of sulfonamides is 1. The molecule has 2 fully saturated rings. The number of likely N-dealkylation sites (tertiary alicyclic amines) is 1. The third kappa shape index (κ3) is 4.81. The standard InChI is InChI=1S/C23H30ClN5O4S/c1-15-22(23(24)27(2)26-15)34(31,32)28(3)21-17-6-7-18(21)12-29(11-17)13-19(30)14-33-20-8-4-16(10-25)5-9-20/h4-5,8-9,17-19,21,30H,6-7,11-14H2,1-3H3. The number of benzene rings is 1. The van der Waals surface area contributed by atoms with Gasteiger partial charge in [0.05, 0.1) is 17.3 Å². The van der Waals surface area contributed by atoms with Gasteiger partial charge in [0.2, 0.25) is 10.0 Å². The van der Waals surface area contributed by atoms with Crippen molar-refractivity contribution in [3.05, 3.63) is 40.7 Å². The van der Waals surface area contributed by atoms with Crippen LogP contribution in [0.2, 0.25) is 5.15 Å². The zero-order valence-electron chi connectivity index (χ0n) is 19.6. The molecule has 184 valence electrons. The van der Waals surface area contributed by atoms with Crippen LogP contribution in [0.25, 0.3) is 0 Å². The number of piperidine rings is 1. The number of nitriles is 1. The molecule has 0 radical (unpaired) electrons. The molecule has 2 heterocycles. The molecule has 11 heteroatoms. The number of hydrogen-bond donors (Lipinski definition) is 1. The molecule has 4 rings (SSSR count). The number of aliphatic hydroxyl groups excluding tert-OH is 1. The molecule has 0 amide bonds. The van der Waals surface area contributed by atoms with Gasteiger partial charge >= 0.3 is 0 Å². The van der Waals surface area contributed by atoms with Crippen LogP contribution in [-0.4, -0.2) is 77.9 Å². The van der Waals surface area contributed by atoms with E-state index in [0.717, 1.165) is 12.8 Å². The van der Waals surface area contributed by atoms with Gasteiger partial charge in [-0.1, -0.05) is 11.6 Å². The Morgan fingerprint density at radius 2 is 1.91 bits per heavy atom. The topological polar surface area (TPSA) is 112 Å². The summed E-state index contributed by atoms with van der Waals surface area (Å²) in [5.74, 6) is 0.967. The highest BCUT2D eigenvalue weighted by atomic mass is 35.5. The fourth-order valence-electron chi connectivity index (χ4n) is 5.41. The Bertz CT molecular complexity index is 1160. The van der Waals surface area contributed by atoms with E-state index in [0.29, 0.717) is 36.6 Å². The highest BCUT2D eigenvalue weighted by Gasteiger charge is 2.48. The maximum Gasteiger partial charge on any atom is 0.248 e. The first-order chi connectivity index (χ1) is 16.1. The van der Waals surface area contributed by atoms with Crippen LogP contribution in [0.5, 0.6) is 5.75 Å². The van der Waals surface area contributed by atoms with Crippen LogP contribution in [0.4, 0.5) is 0 Å². The summed E-state index contributed by atoms with van der Waals surface area (Å²) in [4.78, 5) is 2.28. The van der Waals surface area contributed by atoms with Gasteiger partial charge in [-0.2, -0.15) is 14.7 Å². The van der Waals surface area contributed by atoms with Crippen molar-refractivity contribution in [2.24, 2.45) is 18.9 Å². The van der Waals surface area contributed by atoms with Crippen molar-refractivity contribution in [3.8, 4) is 11.8 Å². The summed E-state index contributed by atoms with van der Waals surface area (Å²) < 4.78 is 35.4. The number of β-amino-alcohol motifs (C(OH)–C–C–N with tert-alkyl or cyclic N) is 1. The van der Waals surface area contributed by atoms with Gasteiger partial charge in [0.25, 0.3) is 0 Å². The van der Waals surface area contributed by atoms with E-state index in [-0.39, 0.29) is 34.5 Å². The van der Waals surface area contributed by atoms with Crippen LogP contribution in [0.1, 0.15) is 24.1 Å². The third-order valence-corrected chi connectivity index (χ3v) is 9.46. The van der Waals surface area contributed by atoms with Gasteiger partial charge in [-0.3, -0.25) is 9.58 Å².